The lowest BCUT2D eigenvalue weighted by molar-refractivity contribution is -0.270. The maximum atomic E-state index is 14.1. The Morgan fingerprint density at radius 3 is 2.55 bits per heavy atom. The summed E-state index contributed by atoms with van der Waals surface area (Å²) in [5.41, 5.74) is -0.0503. The highest BCUT2D eigenvalue weighted by Crippen LogP contribution is 2.34. The number of hydrogen-bond donors (Lipinski definition) is 1. The van der Waals surface area contributed by atoms with Crippen molar-refractivity contribution in [3.63, 3.8) is 0 Å². The van der Waals surface area contributed by atoms with Crippen LogP contribution in [0.2, 0.25) is 5.02 Å². The van der Waals surface area contributed by atoms with Crippen LogP contribution in [-0.4, -0.2) is 85.2 Å². The average Bonchev–Trinajstić information content (AvgIpc) is 3.54. The topological polar surface area (TPSA) is 163 Å². The van der Waals surface area contributed by atoms with Gasteiger partial charge in [-0.25, -0.2) is 9.97 Å². The molecule has 0 atom stereocenters. The summed E-state index contributed by atoms with van der Waals surface area (Å²) >= 11 is 6.10. The Balaban J connectivity index is 1.35. The highest BCUT2D eigenvalue weighted by Gasteiger charge is 2.32. The Hall–Kier alpha value is -5.03. The minimum atomic E-state index is -4.61. The van der Waals surface area contributed by atoms with Crippen LogP contribution >= 0.6 is 11.6 Å². The second kappa shape index (κ2) is 13.5. The molecule has 0 unspecified atom stereocenters. The molecule has 1 aromatic carbocycles. The number of rotatable bonds is 7. The van der Waals surface area contributed by atoms with Crippen molar-refractivity contribution >= 4 is 46.1 Å². The lowest BCUT2D eigenvalue weighted by Gasteiger charge is -2.37. The Morgan fingerprint density at radius 2 is 1.90 bits per heavy atom. The first-order valence-corrected chi connectivity index (χ1v) is 15.7. The molecule has 0 aliphatic carbocycles. The largest absolute Gasteiger partial charge is 0.870 e. The minimum Gasteiger partial charge on any atom is -0.870 e. The van der Waals surface area contributed by atoms with Crippen LogP contribution in [-0.2, 0) is 28.7 Å². The molecule has 258 valence electrons. The Kier molecular flexibility index (Phi) is 9.30. The predicted octanol–water partition coefficient (Wildman–Crippen LogP) is 2.70. The van der Waals surface area contributed by atoms with E-state index in [9.17, 15) is 32.7 Å². The molecular weight excluding hydrogens is 671 g/mol. The van der Waals surface area contributed by atoms with Gasteiger partial charge in [-0.15, -0.1) is 5.10 Å². The number of aromatic nitrogens is 6. The van der Waals surface area contributed by atoms with Crippen molar-refractivity contribution in [1.29, 1.82) is 0 Å². The van der Waals surface area contributed by atoms with Gasteiger partial charge in [0.15, 0.2) is 5.82 Å². The van der Waals surface area contributed by atoms with Crippen LogP contribution in [0.1, 0.15) is 46.6 Å². The van der Waals surface area contributed by atoms with Gasteiger partial charge in [0.1, 0.15) is 24.3 Å². The molecule has 4 aromatic rings. The lowest BCUT2D eigenvalue weighted by atomic mass is 10.1. The lowest BCUT2D eigenvalue weighted by Crippen LogP contribution is -2.51. The SMILES string of the molecule is CCc1c(N2CCN(C(=O)c3ncnc(C)c3[O-])CC2)c(=O)n2nc(C3=CCOCC3)nc2n1CC(=O)Nc1ccc(C(F)(F)F)cc1Cl. The van der Waals surface area contributed by atoms with Gasteiger partial charge < -0.3 is 29.5 Å². The number of benzene rings is 1. The van der Waals surface area contributed by atoms with Crippen molar-refractivity contribution in [1.82, 2.24) is 34.0 Å². The zero-order valence-electron chi connectivity index (χ0n) is 26.4. The predicted molar refractivity (Wildman–Crippen MR) is 169 cm³/mol. The molecule has 2 aliphatic rings. The molecule has 1 N–H and O–H groups in total. The van der Waals surface area contributed by atoms with Crippen LogP contribution in [0.15, 0.2) is 35.4 Å². The second-order valence-electron chi connectivity index (χ2n) is 11.4. The molecule has 0 saturated carbocycles. The summed E-state index contributed by atoms with van der Waals surface area (Å²) in [6.07, 6.45) is -0.837. The number of piperazine rings is 1. The van der Waals surface area contributed by atoms with E-state index in [2.05, 4.69) is 25.4 Å². The molecule has 0 spiro atoms. The standard InChI is InChI=1S/C31H31ClF3N9O5/c1-3-22-25(41-8-10-42(11-9-41)28(47)24-26(46)17(2)36-16-37-24)29(48)44-30(39-27(40-44)18-6-12-49-13-7-18)43(22)15-23(45)38-21-5-4-19(14-20(21)32)31(33,34)35/h4-6,14,16,46H,3,7-13,15H2,1-2H3,(H,38,45)/p-1. The number of hydrogen-bond acceptors (Lipinski definition) is 10. The van der Waals surface area contributed by atoms with Crippen LogP contribution in [0.5, 0.6) is 5.75 Å². The first kappa shape index (κ1) is 33.9. The maximum absolute atomic E-state index is 14.1. The van der Waals surface area contributed by atoms with E-state index in [0.717, 1.165) is 34.6 Å². The fourth-order valence-corrected chi connectivity index (χ4v) is 6.05. The third-order valence-corrected chi connectivity index (χ3v) is 8.66. The number of anilines is 2. The molecule has 0 radical (unpaired) electrons. The summed E-state index contributed by atoms with van der Waals surface area (Å²) in [6, 6.07) is 2.61. The molecule has 0 bridgehead atoms. The monoisotopic (exact) mass is 700 g/mol. The quantitative estimate of drug-likeness (QED) is 0.303. The molecular formula is C31H30ClF3N9O5-. The highest BCUT2D eigenvalue weighted by atomic mass is 35.5. The second-order valence-corrected chi connectivity index (χ2v) is 11.8. The van der Waals surface area contributed by atoms with E-state index in [-0.39, 0.29) is 72.7 Å². The summed E-state index contributed by atoms with van der Waals surface area (Å²) in [5.74, 6) is -1.33. The number of alkyl halides is 3. The number of fused-ring (bicyclic) bond motifs is 1. The Labute approximate surface area is 281 Å². The first-order valence-electron chi connectivity index (χ1n) is 15.4. The van der Waals surface area contributed by atoms with Gasteiger partial charge in [-0.05, 0) is 43.5 Å². The van der Waals surface area contributed by atoms with Crippen molar-refractivity contribution < 1.29 is 32.6 Å². The maximum Gasteiger partial charge on any atom is 0.416 e. The molecule has 1 saturated heterocycles. The van der Waals surface area contributed by atoms with E-state index >= 15 is 0 Å². The van der Waals surface area contributed by atoms with Crippen LogP contribution in [0.3, 0.4) is 0 Å². The number of nitrogens with one attached hydrogen (secondary N) is 1. The minimum absolute atomic E-state index is 0.0228. The summed E-state index contributed by atoms with van der Waals surface area (Å²) in [7, 11) is 0. The van der Waals surface area contributed by atoms with Gasteiger partial charge in [0, 0.05) is 31.9 Å². The number of amides is 2. The summed E-state index contributed by atoms with van der Waals surface area (Å²) in [4.78, 5) is 56.4. The van der Waals surface area contributed by atoms with E-state index in [1.807, 2.05) is 6.08 Å². The Morgan fingerprint density at radius 1 is 1.14 bits per heavy atom. The average molecular weight is 701 g/mol. The third-order valence-electron chi connectivity index (χ3n) is 8.35. The molecule has 2 amide bonds. The van der Waals surface area contributed by atoms with Crippen LogP contribution < -0.4 is 20.9 Å². The highest BCUT2D eigenvalue weighted by molar-refractivity contribution is 6.33. The molecule has 1 fully saturated rings. The zero-order valence-corrected chi connectivity index (χ0v) is 27.1. The number of nitrogens with zero attached hydrogens (tertiary/aromatic N) is 8. The number of carbonyl (C=O) groups excluding carboxylic acids is 2. The van der Waals surface area contributed by atoms with Crippen LogP contribution in [0.4, 0.5) is 24.5 Å². The van der Waals surface area contributed by atoms with Gasteiger partial charge >= 0.3 is 6.18 Å². The fourth-order valence-electron chi connectivity index (χ4n) is 5.82. The van der Waals surface area contributed by atoms with Gasteiger partial charge in [-0.2, -0.15) is 22.7 Å². The third kappa shape index (κ3) is 6.67. The molecule has 49 heavy (non-hydrogen) atoms. The Bertz CT molecular complexity index is 2040. The van der Waals surface area contributed by atoms with Gasteiger partial charge in [0.2, 0.25) is 11.7 Å². The van der Waals surface area contributed by atoms with Crippen molar-refractivity contribution in [2.24, 2.45) is 0 Å². The smallest absolute Gasteiger partial charge is 0.416 e. The number of halogens is 4. The van der Waals surface area contributed by atoms with E-state index in [4.69, 9.17) is 16.3 Å². The molecule has 3 aromatic heterocycles. The fraction of sp³-hybridized carbons (Fsp3) is 0.387. The van der Waals surface area contributed by atoms with Crippen molar-refractivity contribution in [3.8, 4) is 5.75 Å². The van der Waals surface area contributed by atoms with Crippen molar-refractivity contribution in [2.45, 2.75) is 39.4 Å². The number of ether oxygens (including phenoxy) is 1. The van der Waals surface area contributed by atoms with E-state index in [1.54, 1.807) is 16.4 Å². The summed E-state index contributed by atoms with van der Waals surface area (Å²) in [6.45, 7) is 4.50. The van der Waals surface area contributed by atoms with Gasteiger partial charge in [0.05, 0.1) is 35.2 Å². The number of carbonyl (C=O) groups is 2. The molecule has 18 heteroatoms. The molecule has 6 rings (SSSR count). The van der Waals surface area contributed by atoms with Crippen LogP contribution in [0, 0.1) is 6.92 Å². The normalized spacial score (nSPS) is 15.4. The number of aryl methyl sites for hydroxylation is 1. The van der Waals surface area contributed by atoms with E-state index in [0.29, 0.717) is 31.2 Å². The van der Waals surface area contributed by atoms with Crippen molar-refractivity contribution in [2.75, 3.05) is 49.6 Å². The first-order chi connectivity index (χ1) is 23.4. The summed E-state index contributed by atoms with van der Waals surface area (Å²) in [5, 5.41) is 19.3. The summed E-state index contributed by atoms with van der Waals surface area (Å²) < 4.78 is 47.6. The van der Waals surface area contributed by atoms with Crippen LogP contribution in [0.25, 0.3) is 11.4 Å². The van der Waals surface area contributed by atoms with Gasteiger partial charge in [-0.1, -0.05) is 30.4 Å². The molecule has 2 aliphatic heterocycles. The van der Waals surface area contributed by atoms with Gasteiger partial charge in [0.25, 0.3) is 11.5 Å². The van der Waals surface area contributed by atoms with E-state index in [1.165, 1.54) is 11.8 Å². The van der Waals surface area contributed by atoms with Gasteiger partial charge in [-0.3, -0.25) is 14.4 Å². The van der Waals surface area contributed by atoms with Crippen molar-refractivity contribution in [3.05, 3.63) is 74.4 Å². The van der Waals surface area contributed by atoms with E-state index < -0.39 is 34.9 Å². The zero-order chi connectivity index (χ0) is 35.0. The molecule has 14 nitrogen and oxygen atoms in total. The molecule has 5 heterocycles.